The van der Waals surface area contributed by atoms with E-state index in [0.29, 0.717) is 18.9 Å². The highest BCUT2D eigenvalue weighted by atomic mass is 16.6. The van der Waals surface area contributed by atoms with Crippen LogP contribution in [-0.4, -0.2) is 51.2 Å². The molecule has 1 aliphatic rings. The van der Waals surface area contributed by atoms with Gasteiger partial charge in [-0.2, -0.15) is 0 Å². The number of pyridine rings is 1. The molecule has 3 heterocycles. The number of carbonyl (C=O) groups excluding carboxylic acids is 1. The molecule has 1 aromatic carbocycles. The van der Waals surface area contributed by atoms with Crippen LogP contribution in [0.3, 0.4) is 0 Å². The molecule has 1 N–H and O–H groups in total. The Morgan fingerprint density at radius 2 is 1.83 bits per heavy atom. The van der Waals surface area contributed by atoms with E-state index >= 15 is 0 Å². The zero-order chi connectivity index (χ0) is 20.2. The number of hydrogen-bond acceptors (Lipinski definition) is 6. The Hall–Kier alpha value is -3.22. The lowest BCUT2D eigenvalue weighted by atomic mass is 10.1. The van der Waals surface area contributed by atoms with Crippen molar-refractivity contribution in [3.05, 3.63) is 48.8 Å². The molecule has 0 saturated carbocycles. The van der Waals surface area contributed by atoms with E-state index < -0.39 is 0 Å². The normalized spacial score (nSPS) is 14.9. The minimum atomic E-state index is -0.231. The molecular weight excluding hydrogens is 366 g/mol. The number of aromatic nitrogens is 3. The fraction of sp³-hybridized carbons (Fsp3) is 0.364. The maximum atomic E-state index is 12.1. The van der Waals surface area contributed by atoms with Gasteiger partial charge in [-0.25, -0.2) is 14.8 Å². The van der Waals surface area contributed by atoms with Crippen molar-refractivity contribution in [3.63, 3.8) is 0 Å². The standard InChI is InChI=1S/C22H25N5O2/c1-15(2)29-22(28)27-13-9-17(10-14-27)24-21-18-5-3-4-6-19(18)25-20(26-21)16-7-11-23-12-8-16/h3-8,11-12,15,17H,9-10,13-14H2,1-2H3,(H,24,25,26). The summed E-state index contributed by atoms with van der Waals surface area (Å²) in [5.41, 5.74) is 1.83. The number of piperidine rings is 1. The molecule has 7 nitrogen and oxygen atoms in total. The van der Waals surface area contributed by atoms with E-state index in [2.05, 4.69) is 10.3 Å². The molecule has 0 atom stereocenters. The molecule has 29 heavy (non-hydrogen) atoms. The average Bonchev–Trinajstić information content (AvgIpc) is 2.74. The van der Waals surface area contributed by atoms with Crippen molar-refractivity contribution < 1.29 is 9.53 Å². The SMILES string of the molecule is CC(C)OC(=O)N1CCC(Nc2nc(-c3ccncc3)nc3ccccc23)CC1. The number of likely N-dealkylation sites (tertiary alicyclic amines) is 1. The minimum absolute atomic E-state index is 0.0997. The highest BCUT2D eigenvalue weighted by molar-refractivity contribution is 5.90. The molecule has 150 valence electrons. The lowest BCUT2D eigenvalue weighted by Gasteiger charge is -2.32. The van der Waals surface area contributed by atoms with E-state index in [1.807, 2.05) is 50.2 Å². The average molecular weight is 391 g/mol. The summed E-state index contributed by atoms with van der Waals surface area (Å²) in [5, 5.41) is 4.58. The molecule has 1 fully saturated rings. The Labute approximate surface area is 170 Å². The maximum absolute atomic E-state index is 12.1. The molecule has 2 aromatic heterocycles. The van der Waals surface area contributed by atoms with Crippen LogP contribution in [-0.2, 0) is 4.74 Å². The molecule has 0 bridgehead atoms. The van der Waals surface area contributed by atoms with E-state index in [9.17, 15) is 4.79 Å². The summed E-state index contributed by atoms with van der Waals surface area (Å²) >= 11 is 0. The smallest absolute Gasteiger partial charge is 0.410 e. The van der Waals surface area contributed by atoms with E-state index in [1.54, 1.807) is 17.3 Å². The Morgan fingerprint density at radius 1 is 1.10 bits per heavy atom. The molecule has 1 aliphatic heterocycles. The van der Waals surface area contributed by atoms with Crippen molar-refractivity contribution in [3.8, 4) is 11.4 Å². The lowest BCUT2D eigenvalue weighted by Crippen LogP contribution is -2.43. The van der Waals surface area contributed by atoms with Gasteiger partial charge in [-0.15, -0.1) is 0 Å². The van der Waals surface area contributed by atoms with Gasteiger partial charge in [0.15, 0.2) is 5.82 Å². The van der Waals surface area contributed by atoms with Gasteiger partial charge >= 0.3 is 6.09 Å². The molecular formula is C22H25N5O2. The quantitative estimate of drug-likeness (QED) is 0.721. The van der Waals surface area contributed by atoms with Gasteiger partial charge in [0.1, 0.15) is 5.82 Å². The van der Waals surface area contributed by atoms with Crippen molar-refractivity contribution in [1.82, 2.24) is 19.9 Å². The number of anilines is 1. The lowest BCUT2D eigenvalue weighted by molar-refractivity contribution is 0.0701. The molecule has 0 aliphatic carbocycles. The monoisotopic (exact) mass is 391 g/mol. The van der Waals surface area contributed by atoms with Crippen LogP contribution in [0.4, 0.5) is 10.6 Å². The van der Waals surface area contributed by atoms with Crippen LogP contribution in [0, 0.1) is 0 Å². The summed E-state index contributed by atoms with van der Waals surface area (Å²) in [4.78, 5) is 27.5. The van der Waals surface area contributed by atoms with Crippen molar-refractivity contribution in [2.75, 3.05) is 18.4 Å². The van der Waals surface area contributed by atoms with E-state index in [1.165, 1.54) is 0 Å². The molecule has 1 saturated heterocycles. The summed E-state index contributed by atoms with van der Waals surface area (Å²) in [7, 11) is 0. The van der Waals surface area contributed by atoms with Gasteiger partial charge in [-0.05, 0) is 51.0 Å². The van der Waals surface area contributed by atoms with Crippen LogP contribution in [0.5, 0.6) is 0 Å². The fourth-order valence-electron chi connectivity index (χ4n) is 3.49. The number of para-hydroxylation sites is 1. The number of nitrogens with zero attached hydrogens (tertiary/aromatic N) is 4. The number of rotatable bonds is 4. The van der Waals surface area contributed by atoms with Crippen molar-refractivity contribution in [2.45, 2.75) is 38.8 Å². The summed E-state index contributed by atoms with van der Waals surface area (Å²) in [5.74, 6) is 1.50. The fourth-order valence-corrected chi connectivity index (χ4v) is 3.49. The van der Waals surface area contributed by atoms with Crippen LogP contribution >= 0.6 is 0 Å². The zero-order valence-electron chi connectivity index (χ0n) is 16.7. The van der Waals surface area contributed by atoms with Crippen LogP contribution in [0.15, 0.2) is 48.8 Å². The molecule has 1 amide bonds. The summed E-state index contributed by atoms with van der Waals surface area (Å²) in [6.07, 6.45) is 4.84. The Morgan fingerprint density at radius 3 is 2.55 bits per heavy atom. The molecule has 4 rings (SSSR count). The summed E-state index contributed by atoms with van der Waals surface area (Å²) in [6, 6.07) is 12.1. The first kappa shape index (κ1) is 19.1. The first-order valence-electron chi connectivity index (χ1n) is 9.99. The third-order valence-corrected chi connectivity index (χ3v) is 4.97. The molecule has 0 radical (unpaired) electrons. The zero-order valence-corrected chi connectivity index (χ0v) is 16.7. The van der Waals surface area contributed by atoms with E-state index in [-0.39, 0.29) is 18.2 Å². The topological polar surface area (TPSA) is 80.2 Å². The molecule has 7 heteroatoms. The number of carbonyl (C=O) groups is 1. The van der Waals surface area contributed by atoms with Crippen molar-refractivity contribution in [1.29, 1.82) is 0 Å². The predicted molar refractivity (Wildman–Crippen MR) is 113 cm³/mol. The summed E-state index contributed by atoms with van der Waals surface area (Å²) in [6.45, 7) is 5.08. The van der Waals surface area contributed by atoms with Crippen LogP contribution in [0.1, 0.15) is 26.7 Å². The van der Waals surface area contributed by atoms with Crippen molar-refractivity contribution >= 4 is 22.8 Å². The first-order valence-corrected chi connectivity index (χ1v) is 9.99. The van der Waals surface area contributed by atoms with Gasteiger partial charge in [0, 0.05) is 42.5 Å². The van der Waals surface area contributed by atoms with Gasteiger partial charge < -0.3 is 15.0 Å². The molecule has 3 aromatic rings. The van der Waals surface area contributed by atoms with Crippen LogP contribution in [0.25, 0.3) is 22.3 Å². The number of nitrogens with one attached hydrogen (secondary N) is 1. The second-order valence-electron chi connectivity index (χ2n) is 7.49. The van der Waals surface area contributed by atoms with E-state index in [4.69, 9.17) is 14.7 Å². The van der Waals surface area contributed by atoms with Crippen molar-refractivity contribution in [2.24, 2.45) is 0 Å². The number of ether oxygens (including phenoxy) is 1. The largest absolute Gasteiger partial charge is 0.447 e. The molecule has 0 unspecified atom stereocenters. The first-order chi connectivity index (χ1) is 14.1. The minimum Gasteiger partial charge on any atom is -0.447 e. The molecule has 0 spiro atoms. The second kappa shape index (κ2) is 8.43. The van der Waals surface area contributed by atoms with E-state index in [0.717, 1.165) is 35.1 Å². The highest BCUT2D eigenvalue weighted by Gasteiger charge is 2.25. The van der Waals surface area contributed by atoms with Gasteiger partial charge in [0.25, 0.3) is 0 Å². The van der Waals surface area contributed by atoms with Gasteiger partial charge in [-0.3, -0.25) is 4.98 Å². The van der Waals surface area contributed by atoms with Gasteiger partial charge in [-0.1, -0.05) is 12.1 Å². The van der Waals surface area contributed by atoms with Crippen LogP contribution < -0.4 is 5.32 Å². The number of fused-ring (bicyclic) bond motifs is 1. The third-order valence-electron chi connectivity index (χ3n) is 4.97. The number of amides is 1. The second-order valence-corrected chi connectivity index (χ2v) is 7.49. The Kier molecular flexibility index (Phi) is 5.55. The Balaban J connectivity index is 1.53. The number of benzene rings is 1. The van der Waals surface area contributed by atoms with Gasteiger partial charge in [0.2, 0.25) is 0 Å². The number of hydrogen-bond donors (Lipinski definition) is 1. The van der Waals surface area contributed by atoms with Gasteiger partial charge in [0.05, 0.1) is 11.6 Å². The maximum Gasteiger partial charge on any atom is 0.410 e. The Bertz CT molecular complexity index is 985. The van der Waals surface area contributed by atoms with Crippen LogP contribution in [0.2, 0.25) is 0 Å². The third kappa shape index (κ3) is 4.45. The predicted octanol–water partition coefficient (Wildman–Crippen LogP) is 4.11. The highest BCUT2D eigenvalue weighted by Crippen LogP contribution is 2.26. The summed E-state index contributed by atoms with van der Waals surface area (Å²) < 4.78 is 5.31.